The molecule has 5 heteroatoms. The van der Waals surface area contributed by atoms with E-state index in [9.17, 15) is 5.11 Å². The van der Waals surface area contributed by atoms with E-state index in [4.69, 9.17) is 11.6 Å². The molecule has 0 bridgehead atoms. The molecule has 88 valence electrons. The molecular formula is C11H16ClN3O. The first-order valence-corrected chi connectivity index (χ1v) is 6.03. The number of aromatic nitrogens is 2. The number of hydrogen-bond donors (Lipinski definition) is 1. The van der Waals surface area contributed by atoms with Gasteiger partial charge < -0.3 is 10.0 Å². The molecule has 0 radical (unpaired) electrons. The number of halogens is 1. The van der Waals surface area contributed by atoms with Gasteiger partial charge in [-0.05, 0) is 38.1 Å². The smallest absolute Gasteiger partial charge is 0.151 e. The van der Waals surface area contributed by atoms with Gasteiger partial charge in [-0.3, -0.25) is 0 Å². The lowest BCUT2D eigenvalue weighted by atomic mass is 10.1. The molecule has 4 nitrogen and oxygen atoms in total. The molecule has 1 fully saturated rings. The Morgan fingerprint density at radius 3 is 2.62 bits per heavy atom. The zero-order chi connectivity index (χ0) is 11.4. The number of hydrogen-bond acceptors (Lipinski definition) is 4. The van der Waals surface area contributed by atoms with E-state index < -0.39 is 6.10 Å². The van der Waals surface area contributed by atoms with Gasteiger partial charge in [0.2, 0.25) is 0 Å². The van der Waals surface area contributed by atoms with Crippen LogP contribution in [0.25, 0.3) is 0 Å². The van der Waals surface area contributed by atoms with Crippen molar-refractivity contribution < 1.29 is 5.11 Å². The second-order valence-electron chi connectivity index (χ2n) is 4.16. The van der Waals surface area contributed by atoms with Crippen molar-refractivity contribution in [1.29, 1.82) is 0 Å². The zero-order valence-electron chi connectivity index (χ0n) is 9.14. The molecule has 1 unspecified atom stereocenters. The van der Waals surface area contributed by atoms with E-state index in [0.717, 1.165) is 13.1 Å². The molecule has 1 saturated heterocycles. The fourth-order valence-corrected chi connectivity index (χ4v) is 2.08. The third kappa shape index (κ3) is 3.14. The van der Waals surface area contributed by atoms with Gasteiger partial charge in [-0.15, -0.1) is 5.10 Å². The molecule has 0 aliphatic carbocycles. The predicted octanol–water partition coefficient (Wildman–Crippen LogP) is 1.65. The van der Waals surface area contributed by atoms with Gasteiger partial charge in [0.05, 0.1) is 5.69 Å². The first-order valence-electron chi connectivity index (χ1n) is 5.65. The second kappa shape index (κ2) is 5.57. The molecule has 0 amide bonds. The largest absolute Gasteiger partial charge is 0.385 e. The molecule has 1 aromatic heterocycles. The van der Waals surface area contributed by atoms with Gasteiger partial charge in [0, 0.05) is 6.54 Å². The van der Waals surface area contributed by atoms with Crippen molar-refractivity contribution in [2.45, 2.75) is 25.4 Å². The highest BCUT2D eigenvalue weighted by Crippen LogP contribution is 2.16. The molecule has 0 saturated carbocycles. The summed E-state index contributed by atoms with van der Waals surface area (Å²) in [6, 6.07) is 3.38. The average molecular weight is 242 g/mol. The van der Waals surface area contributed by atoms with Crippen LogP contribution in [-0.4, -0.2) is 39.8 Å². The van der Waals surface area contributed by atoms with E-state index in [-0.39, 0.29) is 0 Å². The summed E-state index contributed by atoms with van der Waals surface area (Å²) in [7, 11) is 0. The minimum Gasteiger partial charge on any atom is -0.385 e. The summed E-state index contributed by atoms with van der Waals surface area (Å²) < 4.78 is 0. The summed E-state index contributed by atoms with van der Waals surface area (Å²) in [6.07, 6.45) is 3.17. The van der Waals surface area contributed by atoms with E-state index in [0.29, 0.717) is 17.4 Å². The highest BCUT2D eigenvalue weighted by molar-refractivity contribution is 6.29. The van der Waals surface area contributed by atoms with Crippen molar-refractivity contribution in [3.63, 3.8) is 0 Å². The highest BCUT2D eigenvalue weighted by Gasteiger charge is 2.16. The number of aliphatic hydroxyl groups is 1. The van der Waals surface area contributed by atoms with Crippen LogP contribution in [-0.2, 0) is 0 Å². The minimum absolute atomic E-state index is 0.355. The Bertz CT molecular complexity index is 325. The quantitative estimate of drug-likeness (QED) is 0.874. The molecule has 1 aromatic rings. The van der Waals surface area contributed by atoms with Crippen LogP contribution in [0.5, 0.6) is 0 Å². The van der Waals surface area contributed by atoms with Gasteiger partial charge in [-0.25, -0.2) is 0 Å². The lowest BCUT2D eigenvalue weighted by Crippen LogP contribution is -2.33. The molecule has 1 N–H and O–H groups in total. The number of β-amino-alcohol motifs (C(OH)–C–C–N with tert-alkyl or cyclic N) is 1. The predicted molar refractivity (Wildman–Crippen MR) is 62.3 cm³/mol. The number of nitrogens with zero attached hydrogens (tertiary/aromatic N) is 3. The topological polar surface area (TPSA) is 49.2 Å². The van der Waals surface area contributed by atoms with Gasteiger partial charge in [0.15, 0.2) is 5.15 Å². The normalized spacial score (nSPS) is 19.6. The summed E-state index contributed by atoms with van der Waals surface area (Å²) in [4.78, 5) is 2.27. The van der Waals surface area contributed by atoms with Gasteiger partial charge in [-0.2, -0.15) is 5.10 Å². The Balaban J connectivity index is 1.91. The number of aliphatic hydroxyl groups excluding tert-OH is 1. The maximum Gasteiger partial charge on any atom is 0.151 e. The molecule has 0 spiro atoms. The van der Waals surface area contributed by atoms with Crippen LogP contribution in [0.3, 0.4) is 0 Å². The zero-order valence-corrected chi connectivity index (χ0v) is 9.90. The Morgan fingerprint density at radius 2 is 2.00 bits per heavy atom. The monoisotopic (exact) mass is 241 g/mol. The van der Waals surface area contributed by atoms with E-state index in [2.05, 4.69) is 15.1 Å². The molecule has 2 rings (SSSR count). The Kier molecular flexibility index (Phi) is 4.09. The van der Waals surface area contributed by atoms with E-state index >= 15 is 0 Å². The molecule has 2 heterocycles. The van der Waals surface area contributed by atoms with E-state index in [1.54, 1.807) is 12.1 Å². The van der Waals surface area contributed by atoms with Crippen molar-refractivity contribution in [1.82, 2.24) is 15.1 Å². The van der Waals surface area contributed by atoms with Gasteiger partial charge in [0.1, 0.15) is 6.10 Å². The van der Waals surface area contributed by atoms with Crippen LogP contribution in [0.15, 0.2) is 12.1 Å². The maximum atomic E-state index is 9.98. The summed E-state index contributed by atoms with van der Waals surface area (Å²) in [6.45, 7) is 2.77. The van der Waals surface area contributed by atoms with E-state index in [1.807, 2.05) is 0 Å². The van der Waals surface area contributed by atoms with Crippen LogP contribution in [0.2, 0.25) is 5.15 Å². The summed E-state index contributed by atoms with van der Waals surface area (Å²) in [5.41, 5.74) is 0.593. The van der Waals surface area contributed by atoms with Gasteiger partial charge >= 0.3 is 0 Å². The Hall–Kier alpha value is -0.710. The lowest BCUT2D eigenvalue weighted by Gasteiger charge is -2.28. The third-order valence-electron chi connectivity index (χ3n) is 2.87. The van der Waals surface area contributed by atoms with Crippen molar-refractivity contribution in [2.75, 3.05) is 19.6 Å². The van der Waals surface area contributed by atoms with Gasteiger partial charge in [0.25, 0.3) is 0 Å². The van der Waals surface area contributed by atoms with Crippen molar-refractivity contribution in [2.24, 2.45) is 0 Å². The summed E-state index contributed by atoms with van der Waals surface area (Å²) in [5.74, 6) is 0. The second-order valence-corrected chi connectivity index (χ2v) is 4.55. The van der Waals surface area contributed by atoms with Crippen LogP contribution >= 0.6 is 11.6 Å². The molecule has 1 atom stereocenters. The average Bonchev–Trinajstić information content (AvgIpc) is 2.31. The first-order chi connectivity index (χ1) is 7.75. The fraction of sp³-hybridized carbons (Fsp3) is 0.636. The number of likely N-dealkylation sites (tertiary alicyclic amines) is 1. The van der Waals surface area contributed by atoms with Crippen LogP contribution in [0, 0.1) is 0 Å². The van der Waals surface area contributed by atoms with Crippen molar-refractivity contribution in [3.8, 4) is 0 Å². The lowest BCUT2D eigenvalue weighted by molar-refractivity contribution is 0.0978. The van der Waals surface area contributed by atoms with Crippen molar-refractivity contribution >= 4 is 11.6 Å². The highest BCUT2D eigenvalue weighted by atomic mass is 35.5. The standard InChI is InChI=1S/C11H16ClN3O/c12-11-5-4-9(13-14-11)10(16)8-15-6-2-1-3-7-15/h4-5,10,16H,1-3,6-8H2. The first kappa shape index (κ1) is 11.8. The van der Waals surface area contributed by atoms with Crippen LogP contribution in [0.4, 0.5) is 0 Å². The number of piperidine rings is 1. The summed E-state index contributed by atoms with van der Waals surface area (Å²) >= 11 is 5.64. The van der Waals surface area contributed by atoms with Gasteiger partial charge in [-0.1, -0.05) is 18.0 Å². The van der Waals surface area contributed by atoms with Crippen LogP contribution < -0.4 is 0 Å². The Morgan fingerprint density at radius 1 is 1.25 bits per heavy atom. The molecule has 16 heavy (non-hydrogen) atoms. The maximum absolute atomic E-state index is 9.98. The van der Waals surface area contributed by atoms with E-state index in [1.165, 1.54) is 19.3 Å². The number of rotatable bonds is 3. The SMILES string of the molecule is OC(CN1CCCCC1)c1ccc(Cl)nn1. The summed E-state index contributed by atoms with van der Waals surface area (Å²) in [5, 5.41) is 17.9. The van der Waals surface area contributed by atoms with Crippen molar-refractivity contribution in [3.05, 3.63) is 23.0 Å². The Labute approximate surface area is 100 Å². The van der Waals surface area contributed by atoms with Crippen LogP contribution in [0.1, 0.15) is 31.1 Å². The third-order valence-corrected chi connectivity index (χ3v) is 3.08. The minimum atomic E-state index is -0.567. The molecule has 1 aliphatic rings. The molecule has 0 aromatic carbocycles. The molecular weight excluding hydrogens is 226 g/mol. The molecule has 1 aliphatic heterocycles. The fourth-order valence-electron chi connectivity index (χ4n) is 1.98.